The number of carbonyl (C=O) groups excluding carboxylic acids is 1. The maximum absolute atomic E-state index is 10.8. The predicted octanol–water partition coefficient (Wildman–Crippen LogP) is 4.18. The molecule has 0 fully saturated rings. The summed E-state index contributed by atoms with van der Waals surface area (Å²) >= 11 is 6.06. The lowest BCUT2D eigenvalue weighted by Crippen LogP contribution is -1.98. The molecule has 3 aromatic rings. The predicted molar refractivity (Wildman–Crippen MR) is 91.5 cm³/mol. The van der Waals surface area contributed by atoms with Crippen LogP contribution in [0.1, 0.15) is 5.56 Å². The Bertz CT molecular complexity index is 901. The molecule has 0 atom stereocenters. The van der Waals surface area contributed by atoms with Gasteiger partial charge in [-0.25, -0.2) is 0 Å². The number of nitrogens with two attached hydrogens (primary N) is 1. The second kappa shape index (κ2) is 6.50. The summed E-state index contributed by atoms with van der Waals surface area (Å²) < 4.78 is 6.02. The molecule has 5 heteroatoms. The zero-order valence-electron chi connectivity index (χ0n) is 12.1. The van der Waals surface area contributed by atoms with Crippen LogP contribution in [0.3, 0.4) is 0 Å². The number of nitrogens with zero attached hydrogens (tertiary/aromatic N) is 1. The van der Waals surface area contributed by atoms with Crippen LogP contribution in [0.25, 0.3) is 16.8 Å². The van der Waals surface area contributed by atoms with Crippen LogP contribution < -0.4 is 10.5 Å². The van der Waals surface area contributed by atoms with Gasteiger partial charge >= 0.3 is 0 Å². The van der Waals surface area contributed by atoms with Crippen molar-refractivity contribution in [1.29, 1.82) is 0 Å². The van der Waals surface area contributed by atoms with E-state index in [0.29, 0.717) is 28.4 Å². The lowest BCUT2D eigenvalue weighted by Gasteiger charge is -2.12. The van der Waals surface area contributed by atoms with Crippen LogP contribution in [0.4, 0.5) is 0 Å². The molecule has 0 spiro atoms. The Hall–Kier alpha value is -2.85. The molecule has 2 N–H and O–H groups in total. The third-order valence-corrected chi connectivity index (χ3v) is 3.53. The van der Waals surface area contributed by atoms with Crippen LogP contribution in [0, 0.1) is 0 Å². The monoisotopic (exact) mass is 324 g/mol. The molecule has 3 rings (SSSR count). The first kappa shape index (κ1) is 15.1. The fourth-order valence-corrected chi connectivity index (χ4v) is 2.39. The van der Waals surface area contributed by atoms with Gasteiger partial charge in [-0.1, -0.05) is 23.7 Å². The summed E-state index contributed by atoms with van der Waals surface area (Å²) in [6.07, 6.45) is 5.61. The van der Waals surface area contributed by atoms with Crippen molar-refractivity contribution in [2.24, 2.45) is 5.73 Å². The van der Waals surface area contributed by atoms with E-state index in [9.17, 15) is 4.79 Å². The van der Waals surface area contributed by atoms with E-state index in [2.05, 4.69) is 4.98 Å². The number of hydrogen-bond donors (Lipinski definition) is 1. The van der Waals surface area contributed by atoms with Crippen molar-refractivity contribution in [2.75, 3.05) is 0 Å². The Balaban J connectivity index is 2.08. The van der Waals surface area contributed by atoms with E-state index in [1.807, 2.05) is 24.3 Å². The Kier molecular flexibility index (Phi) is 4.26. The maximum Gasteiger partial charge on any atom is 0.165 e. The van der Waals surface area contributed by atoms with E-state index in [0.717, 1.165) is 10.8 Å². The number of ether oxygens (including phenoxy) is 1. The molecular formula is C18H13ClN2O2. The molecule has 0 amide bonds. The molecule has 0 aliphatic heterocycles. The third-order valence-electron chi connectivity index (χ3n) is 3.29. The summed E-state index contributed by atoms with van der Waals surface area (Å²) in [4.78, 5) is 14.9. The Labute approximate surface area is 138 Å². The lowest BCUT2D eigenvalue weighted by atomic mass is 10.1. The summed E-state index contributed by atoms with van der Waals surface area (Å²) in [6.45, 7) is 0. The summed E-state index contributed by atoms with van der Waals surface area (Å²) in [6, 6.07) is 12.7. The molecule has 0 aliphatic rings. The van der Waals surface area contributed by atoms with Gasteiger partial charge in [-0.3, -0.25) is 9.78 Å². The number of benzene rings is 2. The van der Waals surface area contributed by atoms with Crippen LogP contribution in [0.2, 0.25) is 5.02 Å². The number of aromatic nitrogens is 1. The Morgan fingerprint density at radius 3 is 2.87 bits per heavy atom. The summed E-state index contributed by atoms with van der Waals surface area (Å²) in [5.41, 5.74) is 6.37. The molecule has 0 saturated carbocycles. The van der Waals surface area contributed by atoms with Crippen LogP contribution in [-0.2, 0) is 4.79 Å². The van der Waals surface area contributed by atoms with E-state index in [1.54, 1.807) is 36.7 Å². The van der Waals surface area contributed by atoms with Gasteiger partial charge in [0, 0.05) is 39.8 Å². The third kappa shape index (κ3) is 3.33. The van der Waals surface area contributed by atoms with E-state index in [1.165, 1.54) is 0 Å². The van der Waals surface area contributed by atoms with Crippen molar-refractivity contribution in [3.8, 4) is 11.5 Å². The number of pyridine rings is 1. The molecule has 1 heterocycles. The first-order chi connectivity index (χ1) is 11.2. The number of rotatable bonds is 4. The van der Waals surface area contributed by atoms with Gasteiger partial charge < -0.3 is 10.5 Å². The molecule has 2 aromatic carbocycles. The minimum atomic E-state index is 0.110. The SMILES string of the molecule is N/C(C=O)=C\c1ccc(Cl)cc1Oc1cccc2cnccc12. The maximum atomic E-state index is 10.8. The quantitative estimate of drug-likeness (QED) is 0.577. The van der Waals surface area contributed by atoms with Gasteiger partial charge in [0.2, 0.25) is 0 Å². The molecule has 0 saturated heterocycles. The number of hydrogen-bond acceptors (Lipinski definition) is 4. The Morgan fingerprint density at radius 1 is 1.17 bits per heavy atom. The van der Waals surface area contributed by atoms with Crippen molar-refractivity contribution in [3.05, 3.63) is 71.1 Å². The topological polar surface area (TPSA) is 65.2 Å². The second-order valence-electron chi connectivity index (χ2n) is 4.90. The van der Waals surface area contributed by atoms with Crippen LogP contribution in [0.15, 0.2) is 60.6 Å². The van der Waals surface area contributed by atoms with Crippen molar-refractivity contribution in [1.82, 2.24) is 4.98 Å². The van der Waals surface area contributed by atoms with Crippen LogP contribution in [-0.4, -0.2) is 11.3 Å². The second-order valence-corrected chi connectivity index (χ2v) is 5.34. The first-order valence-corrected chi connectivity index (χ1v) is 7.27. The highest BCUT2D eigenvalue weighted by atomic mass is 35.5. The zero-order chi connectivity index (χ0) is 16.2. The smallest absolute Gasteiger partial charge is 0.165 e. The summed E-state index contributed by atoms with van der Waals surface area (Å²) in [5, 5.41) is 2.43. The Morgan fingerprint density at radius 2 is 2.04 bits per heavy atom. The van der Waals surface area contributed by atoms with E-state index in [4.69, 9.17) is 22.1 Å². The molecule has 0 radical (unpaired) electrons. The molecule has 0 bridgehead atoms. The van der Waals surface area contributed by atoms with Gasteiger partial charge in [0.1, 0.15) is 11.5 Å². The van der Waals surface area contributed by atoms with E-state index in [-0.39, 0.29) is 5.70 Å². The van der Waals surface area contributed by atoms with Crippen molar-refractivity contribution >= 4 is 34.7 Å². The standard InChI is InChI=1S/C18H13ClN2O2/c19-14-5-4-12(8-15(20)11-22)18(9-14)23-17-3-1-2-13-10-21-7-6-16(13)17/h1-11H,20H2/b15-8-. The first-order valence-electron chi connectivity index (χ1n) is 6.90. The zero-order valence-corrected chi connectivity index (χ0v) is 12.8. The fraction of sp³-hybridized carbons (Fsp3) is 0. The van der Waals surface area contributed by atoms with Gasteiger partial charge in [-0.05, 0) is 30.3 Å². The normalized spacial score (nSPS) is 11.4. The average molecular weight is 325 g/mol. The van der Waals surface area contributed by atoms with Gasteiger partial charge in [0.25, 0.3) is 0 Å². The largest absolute Gasteiger partial charge is 0.456 e. The molecule has 0 unspecified atom stereocenters. The molecular weight excluding hydrogens is 312 g/mol. The minimum absolute atomic E-state index is 0.110. The number of allylic oxidation sites excluding steroid dienone is 1. The highest BCUT2D eigenvalue weighted by Gasteiger charge is 2.08. The highest BCUT2D eigenvalue weighted by molar-refractivity contribution is 6.30. The number of fused-ring (bicyclic) bond motifs is 1. The van der Waals surface area contributed by atoms with Crippen LogP contribution in [0.5, 0.6) is 11.5 Å². The number of aldehydes is 1. The van der Waals surface area contributed by atoms with Crippen LogP contribution >= 0.6 is 11.6 Å². The number of halogens is 1. The van der Waals surface area contributed by atoms with Gasteiger partial charge in [0.05, 0.1) is 5.70 Å². The van der Waals surface area contributed by atoms with Crippen molar-refractivity contribution in [3.63, 3.8) is 0 Å². The van der Waals surface area contributed by atoms with E-state index < -0.39 is 0 Å². The molecule has 4 nitrogen and oxygen atoms in total. The van der Waals surface area contributed by atoms with Gasteiger partial charge in [-0.15, -0.1) is 0 Å². The van der Waals surface area contributed by atoms with E-state index >= 15 is 0 Å². The van der Waals surface area contributed by atoms with Gasteiger partial charge in [0.15, 0.2) is 6.29 Å². The number of carbonyl (C=O) groups is 1. The molecule has 1 aromatic heterocycles. The average Bonchev–Trinajstić information content (AvgIpc) is 2.57. The van der Waals surface area contributed by atoms with Crippen molar-refractivity contribution in [2.45, 2.75) is 0 Å². The summed E-state index contributed by atoms with van der Waals surface area (Å²) in [5.74, 6) is 1.19. The van der Waals surface area contributed by atoms with Crippen molar-refractivity contribution < 1.29 is 9.53 Å². The molecule has 0 aliphatic carbocycles. The lowest BCUT2D eigenvalue weighted by molar-refractivity contribution is -0.104. The molecule has 23 heavy (non-hydrogen) atoms. The van der Waals surface area contributed by atoms with Gasteiger partial charge in [-0.2, -0.15) is 0 Å². The highest BCUT2D eigenvalue weighted by Crippen LogP contribution is 2.33. The molecule has 114 valence electrons. The fourth-order valence-electron chi connectivity index (χ4n) is 2.23. The minimum Gasteiger partial charge on any atom is -0.456 e. The summed E-state index contributed by atoms with van der Waals surface area (Å²) in [7, 11) is 0.